The molecule has 16 heavy (non-hydrogen) atoms. The van der Waals surface area contributed by atoms with Crippen molar-refractivity contribution < 1.29 is 9.31 Å². The summed E-state index contributed by atoms with van der Waals surface area (Å²) in [4.78, 5) is 9.76. The van der Waals surface area contributed by atoms with Gasteiger partial charge >= 0.3 is 5.69 Å². The molecule has 4 N–H and O–H groups in total. The van der Waals surface area contributed by atoms with Crippen LogP contribution in [0.3, 0.4) is 0 Å². The summed E-state index contributed by atoms with van der Waals surface area (Å²) in [5.74, 6) is -0.847. The standard InChI is InChI=1S/C10H14FN3O2/c11-8-4-3-7(6-10(8)14(15)16)9(13)2-1-5-12/h3-4,6,9H,1-2,5,12-13H2/t9-/m1/s1. The van der Waals surface area contributed by atoms with Crippen LogP contribution in [-0.2, 0) is 0 Å². The average molecular weight is 227 g/mol. The second-order valence-electron chi connectivity index (χ2n) is 3.51. The Morgan fingerprint density at radius 3 is 2.75 bits per heavy atom. The third kappa shape index (κ3) is 2.98. The predicted molar refractivity (Wildman–Crippen MR) is 58.3 cm³/mol. The van der Waals surface area contributed by atoms with Gasteiger partial charge in [-0.25, -0.2) is 0 Å². The Morgan fingerprint density at radius 2 is 2.19 bits per heavy atom. The van der Waals surface area contributed by atoms with Crippen LogP contribution in [0.15, 0.2) is 18.2 Å². The van der Waals surface area contributed by atoms with Crippen molar-refractivity contribution in [3.8, 4) is 0 Å². The van der Waals surface area contributed by atoms with E-state index in [0.717, 1.165) is 12.5 Å². The molecule has 88 valence electrons. The normalized spacial score (nSPS) is 12.4. The number of hydrogen-bond donors (Lipinski definition) is 2. The minimum absolute atomic E-state index is 0.345. The first-order chi connectivity index (χ1) is 7.56. The van der Waals surface area contributed by atoms with Crippen LogP contribution in [0.25, 0.3) is 0 Å². The van der Waals surface area contributed by atoms with Crippen molar-refractivity contribution in [2.75, 3.05) is 6.54 Å². The highest BCUT2D eigenvalue weighted by atomic mass is 19.1. The molecule has 1 atom stereocenters. The molecule has 0 bridgehead atoms. The molecule has 0 unspecified atom stereocenters. The summed E-state index contributed by atoms with van der Waals surface area (Å²) >= 11 is 0. The maximum absolute atomic E-state index is 13.0. The van der Waals surface area contributed by atoms with Crippen LogP contribution in [0, 0.1) is 15.9 Å². The summed E-state index contributed by atoms with van der Waals surface area (Å²) in [6, 6.07) is 3.36. The number of benzene rings is 1. The maximum atomic E-state index is 13.0. The molecule has 0 aliphatic rings. The highest BCUT2D eigenvalue weighted by Gasteiger charge is 2.16. The van der Waals surface area contributed by atoms with Gasteiger partial charge in [0.1, 0.15) is 0 Å². The summed E-state index contributed by atoms with van der Waals surface area (Å²) in [5, 5.41) is 10.5. The molecule has 0 aliphatic heterocycles. The number of nitro groups is 1. The zero-order valence-corrected chi connectivity index (χ0v) is 8.73. The number of nitro benzene ring substituents is 1. The van der Waals surface area contributed by atoms with Gasteiger partial charge in [0.15, 0.2) is 0 Å². The second-order valence-corrected chi connectivity index (χ2v) is 3.51. The Kier molecular flexibility index (Phi) is 4.33. The van der Waals surface area contributed by atoms with Crippen molar-refractivity contribution in [1.82, 2.24) is 0 Å². The van der Waals surface area contributed by atoms with Gasteiger partial charge < -0.3 is 11.5 Å². The first kappa shape index (κ1) is 12.5. The average Bonchev–Trinajstić information content (AvgIpc) is 2.26. The zero-order chi connectivity index (χ0) is 12.1. The van der Waals surface area contributed by atoms with Crippen LogP contribution in [0.1, 0.15) is 24.4 Å². The first-order valence-corrected chi connectivity index (χ1v) is 4.95. The van der Waals surface area contributed by atoms with Crippen molar-refractivity contribution in [1.29, 1.82) is 0 Å². The van der Waals surface area contributed by atoms with Crippen molar-refractivity contribution >= 4 is 5.69 Å². The third-order valence-corrected chi connectivity index (χ3v) is 2.31. The first-order valence-electron chi connectivity index (χ1n) is 4.95. The van der Waals surface area contributed by atoms with Gasteiger partial charge in [0.2, 0.25) is 5.82 Å². The van der Waals surface area contributed by atoms with Crippen LogP contribution in [0.4, 0.5) is 10.1 Å². The number of nitrogens with zero attached hydrogens (tertiary/aromatic N) is 1. The lowest BCUT2D eigenvalue weighted by atomic mass is 10.0. The quantitative estimate of drug-likeness (QED) is 0.588. The molecule has 0 heterocycles. The van der Waals surface area contributed by atoms with Gasteiger partial charge in [0, 0.05) is 12.1 Å². The van der Waals surface area contributed by atoms with Crippen LogP contribution in [0.5, 0.6) is 0 Å². The Morgan fingerprint density at radius 1 is 1.50 bits per heavy atom. The smallest absolute Gasteiger partial charge is 0.305 e. The summed E-state index contributed by atoms with van der Waals surface area (Å²) in [7, 11) is 0. The van der Waals surface area contributed by atoms with E-state index in [-0.39, 0.29) is 6.04 Å². The molecular weight excluding hydrogens is 213 g/mol. The lowest BCUT2D eigenvalue weighted by Gasteiger charge is -2.10. The van der Waals surface area contributed by atoms with E-state index in [0.29, 0.717) is 18.5 Å². The van der Waals surface area contributed by atoms with Gasteiger partial charge in [-0.15, -0.1) is 0 Å². The van der Waals surface area contributed by atoms with E-state index in [1.165, 1.54) is 12.1 Å². The molecule has 0 aliphatic carbocycles. The van der Waals surface area contributed by atoms with Crippen molar-refractivity contribution in [2.24, 2.45) is 11.5 Å². The molecule has 6 heteroatoms. The highest BCUT2D eigenvalue weighted by Crippen LogP contribution is 2.23. The Balaban J connectivity index is 2.89. The van der Waals surface area contributed by atoms with Crippen molar-refractivity contribution in [3.63, 3.8) is 0 Å². The van der Waals surface area contributed by atoms with E-state index in [4.69, 9.17) is 11.5 Å². The van der Waals surface area contributed by atoms with E-state index < -0.39 is 16.4 Å². The van der Waals surface area contributed by atoms with E-state index in [2.05, 4.69) is 0 Å². The summed E-state index contributed by atoms with van der Waals surface area (Å²) in [6.07, 6.45) is 1.35. The Bertz CT molecular complexity index is 384. The fourth-order valence-electron chi connectivity index (χ4n) is 1.40. The highest BCUT2D eigenvalue weighted by molar-refractivity contribution is 5.37. The second kappa shape index (κ2) is 5.53. The fourth-order valence-corrected chi connectivity index (χ4v) is 1.40. The van der Waals surface area contributed by atoms with Gasteiger partial charge in [-0.2, -0.15) is 4.39 Å². The van der Waals surface area contributed by atoms with Crippen LogP contribution >= 0.6 is 0 Å². The molecule has 5 nitrogen and oxygen atoms in total. The predicted octanol–water partition coefficient (Wildman–Crippen LogP) is 1.47. The minimum atomic E-state index is -0.847. The molecule has 0 saturated carbocycles. The number of halogens is 1. The largest absolute Gasteiger partial charge is 0.330 e. The van der Waals surface area contributed by atoms with Crippen LogP contribution in [0.2, 0.25) is 0 Å². The van der Waals surface area contributed by atoms with Crippen LogP contribution in [-0.4, -0.2) is 11.5 Å². The molecule has 0 radical (unpaired) electrons. The van der Waals surface area contributed by atoms with Gasteiger partial charge in [0.05, 0.1) is 4.92 Å². The molecule has 0 aromatic heterocycles. The molecule has 0 spiro atoms. The van der Waals surface area contributed by atoms with Gasteiger partial charge in [-0.05, 0) is 31.0 Å². The lowest BCUT2D eigenvalue weighted by molar-refractivity contribution is -0.387. The van der Waals surface area contributed by atoms with E-state index in [1.54, 1.807) is 0 Å². The molecule has 0 saturated heterocycles. The van der Waals surface area contributed by atoms with Gasteiger partial charge in [-0.1, -0.05) is 6.07 Å². The molecule has 0 fully saturated rings. The lowest BCUT2D eigenvalue weighted by Crippen LogP contribution is -2.13. The molecule has 1 rings (SSSR count). The topological polar surface area (TPSA) is 95.2 Å². The monoisotopic (exact) mass is 227 g/mol. The molecule has 0 amide bonds. The third-order valence-electron chi connectivity index (χ3n) is 2.31. The van der Waals surface area contributed by atoms with E-state index in [1.807, 2.05) is 0 Å². The molecular formula is C10H14FN3O2. The number of hydrogen-bond acceptors (Lipinski definition) is 4. The summed E-state index contributed by atoms with van der Waals surface area (Å²) < 4.78 is 13.0. The van der Waals surface area contributed by atoms with Crippen molar-refractivity contribution in [2.45, 2.75) is 18.9 Å². The fraction of sp³-hybridized carbons (Fsp3) is 0.400. The SMILES string of the molecule is NCCC[C@@H](N)c1ccc(F)c([N+](=O)[O-])c1. The van der Waals surface area contributed by atoms with Gasteiger partial charge in [0.25, 0.3) is 0 Å². The van der Waals surface area contributed by atoms with Gasteiger partial charge in [-0.3, -0.25) is 10.1 Å². The Hall–Kier alpha value is -1.53. The van der Waals surface area contributed by atoms with E-state index >= 15 is 0 Å². The summed E-state index contributed by atoms with van der Waals surface area (Å²) in [5.41, 5.74) is 11.1. The summed E-state index contributed by atoms with van der Waals surface area (Å²) in [6.45, 7) is 0.511. The minimum Gasteiger partial charge on any atom is -0.330 e. The van der Waals surface area contributed by atoms with E-state index in [9.17, 15) is 14.5 Å². The molecule has 1 aromatic carbocycles. The number of rotatable bonds is 5. The van der Waals surface area contributed by atoms with Crippen LogP contribution < -0.4 is 11.5 Å². The number of nitrogens with two attached hydrogens (primary N) is 2. The zero-order valence-electron chi connectivity index (χ0n) is 8.73. The molecule has 1 aromatic rings. The van der Waals surface area contributed by atoms with Crippen molar-refractivity contribution in [3.05, 3.63) is 39.7 Å². The Labute approximate surface area is 92.4 Å². The maximum Gasteiger partial charge on any atom is 0.305 e.